The fourth-order valence-corrected chi connectivity index (χ4v) is 5.12. The number of hydrogen-bond acceptors (Lipinski definition) is 4. The Balaban J connectivity index is 1.68. The molecule has 0 saturated carbocycles. The molecule has 0 bridgehead atoms. The number of aromatic nitrogens is 2. The zero-order chi connectivity index (χ0) is 24.5. The first-order valence-corrected chi connectivity index (χ1v) is 12.1. The summed E-state index contributed by atoms with van der Waals surface area (Å²) < 4.78 is 7.85. The number of para-hydroxylation sites is 2. The molecule has 3 heterocycles. The summed E-state index contributed by atoms with van der Waals surface area (Å²) in [7, 11) is 1.66. The molecular weight excluding hydrogens is 440 g/mol. The Morgan fingerprint density at radius 1 is 0.914 bits per heavy atom. The zero-order valence-electron chi connectivity index (χ0n) is 20.4. The fourth-order valence-electron chi connectivity index (χ4n) is 5.12. The van der Waals surface area contributed by atoms with E-state index >= 15 is 0 Å². The van der Waals surface area contributed by atoms with Crippen molar-refractivity contribution in [3.63, 3.8) is 0 Å². The number of nitrogens with one attached hydrogen (secondary N) is 2. The standard InChI is InChI=1S/C28H30N4O3/c1-4-31(5-2)14-9-15-32-17-21(19-11-8-13-23(35-3)26(19)32)25-24(27(33)30-28(25)34)20-16-29-22-12-7-6-10-18(20)22/h6-8,10-13,16-17,29H,4-5,9,14-15H2,1-3H3,(H,30,33,34). The molecule has 2 amide bonds. The van der Waals surface area contributed by atoms with E-state index in [9.17, 15) is 9.59 Å². The number of nitrogens with zero attached hydrogens (tertiary/aromatic N) is 2. The van der Waals surface area contributed by atoms with Gasteiger partial charge in [-0.3, -0.25) is 14.9 Å². The molecular formula is C28H30N4O3. The van der Waals surface area contributed by atoms with E-state index in [0.29, 0.717) is 11.1 Å². The van der Waals surface area contributed by atoms with Crippen LogP contribution in [0.2, 0.25) is 0 Å². The molecule has 7 heteroatoms. The quantitative estimate of drug-likeness (QED) is 0.355. The number of benzene rings is 2. The minimum absolute atomic E-state index is 0.375. The van der Waals surface area contributed by atoms with Crippen LogP contribution in [0, 0.1) is 0 Å². The number of methoxy groups -OCH3 is 1. The highest BCUT2D eigenvalue weighted by Gasteiger charge is 2.35. The van der Waals surface area contributed by atoms with Gasteiger partial charge < -0.3 is 19.2 Å². The number of fused-ring (bicyclic) bond motifs is 2. The Bertz CT molecular complexity index is 1460. The van der Waals surface area contributed by atoms with E-state index in [0.717, 1.165) is 71.3 Å². The van der Waals surface area contributed by atoms with Crippen molar-refractivity contribution in [2.45, 2.75) is 26.8 Å². The van der Waals surface area contributed by atoms with Gasteiger partial charge in [0.1, 0.15) is 5.75 Å². The van der Waals surface area contributed by atoms with Gasteiger partial charge in [-0.2, -0.15) is 0 Å². The lowest BCUT2D eigenvalue weighted by molar-refractivity contribution is -0.122. The van der Waals surface area contributed by atoms with Gasteiger partial charge in [0.2, 0.25) is 0 Å². The largest absolute Gasteiger partial charge is 0.495 e. The second-order valence-corrected chi connectivity index (χ2v) is 8.75. The van der Waals surface area contributed by atoms with Crippen molar-refractivity contribution in [1.82, 2.24) is 19.8 Å². The number of carbonyl (C=O) groups is 2. The highest BCUT2D eigenvalue weighted by molar-refractivity contribution is 6.50. The third-order valence-corrected chi connectivity index (χ3v) is 6.91. The molecule has 180 valence electrons. The number of amides is 2. The lowest BCUT2D eigenvalue weighted by Gasteiger charge is -2.18. The Labute approximate surface area is 204 Å². The van der Waals surface area contributed by atoms with Crippen LogP contribution in [0.25, 0.3) is 33.0 Å². The van der Waals surface area contributed by atoms with Crippen LogP contribution in [0.15, 0.2) is 54.9 Å². The highest BCUT2D eigenvalue weighted by Crippen LogP contribution is 2.40. The monoisotopic (exact) mass is 470 g/mol. The first kappa shape index (κ1) is 22.9. The van der Waals surface area contributed by atoms with Crippen LogP contribution in [0.5, 0.6) is 5.75 Å². The molecule has 2 N–H and O–H groups in total. The number of hydrogen-bond donors (Lipinski definition) is 2. The predicted molar refractivity (Wildman–Crippen MR) is 139 cm³/mol. The molecule has 7 nitrogen and oxygen atoms in total. The minimum Gasteiger partial charge on any atom is -0.495 e. The van der Waals surface area contributed by atoms with Gasteiger partial charge in [-0.05, 0) is 38.2 Å². The van der Waals surface area contributed by atoms with Crippen molar-refractivity contribution in [3.8, 4) is 5.75 Å². The maximum atomic E-state index is 13.2. The van der Waals surface area contributed by atoms with Crippen LogP contribution in [-0.4, -0.2) is 53.0 Å². The summed E-state index contributed by atoms with van der Waals surface area (Å²) in [5.74, 6) is -0.00376. The molecule has 0 spiro atoms. The molecule has 4 aromatic rings. The third kappa shape index (κ3) is 3.91. The molecule has 35 heavy (non-hydrogen) atoms. The molecule has 0 radical (unpaired) electrons. The van der Waals surface area contributed by atoms with Gasteiger partial charge >= 0.3 is 0 Å². The van der Waals surface area contributed by atoms with Crippen LogP contribution in [0.1, 0.15) is 31.4 Å². The predicted octanol–water partition coefficient (Wildman–Crippen LogP) is 4.43. The van der Waals surface area contributed by atoms with E-state index < -0.39 is 0 Å². The van der Waals surface area contributed by atoms with Gasteiger partial charge in [-0.25, -0.2) is 0 Å². The summed E-state index contributed by atoms with van der Waals surface area (Å²) in [6, 6.07) is 13.6. The van der Waals surface area contributed by atoms with E-state index in [1.54, 1.807) is 7.11 Å². The number of H-pyrrole nitrogens is 1. The van der Waals surface area contributed by atoms with Gasteiger partial charge in [0.15, 0.2) is 0 Å². The van der Waals surface area contributed by atoms with Gasteiger partial charge in [-0.15, -0.1) is 0 Å². The molecule has 2 aromatic carbocycles. The van der Waals surface area contributed by atoms with Crippen molar-refractivity contribution in [2.75, 3.05) is 26.7 Å². The number of aryl methyl sites for hydroxylation is 1. The van der Waals surface area contributed by atoms with Crippen LogP contribution in [-0.2, 0) is 16.1 Å². The molecule has 2 aromatic heterocycles. The number of carbonyl (C=O) groups excluding carboxylic acids is 2. The van der Waals surface area contributed by atoms with Crippen LogP contribution in [0.3, 0.4) is 0 Å². The molecule has 1 aliphatic rings. The van der Waals surface area contributed by atoms with Crippen LogP contribution < -0.4 is 10.1 Å². The van der Waals surface area contributed by atoms with Crippen molar-refractivity contribution in [1.29, 1.82) is 0 Å². The smallest absolute Gasteiger partial charge is 0.259 e. The van der Waals surface area contributed by atoms with Gasteiger partial charge in [0.25, 0.3) is 11.8 Å². The van der Waals surface area contributed by atoms with E-state index in [-0.39, 0.29) is 11.8 Å². The fraction of sp³-hybridized carbons (Fsp3) is 0.286. The van der Waals surface area contributed by atoms with E-state index in [1.165, 1.54) is 0 Å². The Hall–Kier alpha value is -3.84. The maximum Gasteiger partial charge on any atom is 0.259 e. The molecule has 0 fully saturated rings. The van der Waals surface area contributed by atoms with Crippen LogP contribution in [0.4, 0.5) is 0 Å². The van der Waals surface area contributed by atoms with Crippen molar-refractivity contribution in [3.05, 3.63) is 66.0 Å². The molecule has 5 rings (SSSR count). The molecule has 0 unspecified atom stereocenters. The van der Waals surface area contributed by atoms with Crippen molar-refractivity contribution in [2.24, 2.45) is 0 Å². The second-order valence-electron chi connectivity index (χ2n) is 8.75. The SMILES string of the molecule is CCN(CC)CCCn1cc(C2=C(c3c[nH]c4ccccc34)C(=O)NC2=O)c2cccc(OC)c21. The van der Waals surface area contributed by atoms with Crippen molar-refractivity contribution < 1.29 is 14.3 Å². The lowest BCUT2D eigenvalue weighted by Crippen LogP contribution is -2.24. The van der Waals surface area contributed by atoms with Gasteiger partial charge in [0.05, 0.1) is 23.8 Å². The first-order chi connectivity index (χ1) is 17.1. The minimum atomic E-state index is -0.375. The number of aromatic amines is 1. The maximum absolute atomic E-state index is 13.2. The van der Waals surface area contributed by atoms with Crippen molar-refractivity contribution >= 4 is 44.8 Å². The second kappa shape index (κ2) is 9.43. The summed E-state index contributed by atoms with van der Waals surface area (Å²) >= 11 is 0. The zero-order valence-corrected chi connectivity index (χ0v) is 20.4. The van der Waals surface area contributed by atoms with Crippen LogP contribution >= 0.6 is 0 Å². The topological polar surface area (TPSA) is 79.4 Å². The summed E-state index contributed by atoms with van der Waals surface area (Å²) in [4.78, 5) is 31.8. The average Bonchev–Trinajstić information content (AvgIpc) is 3.54. The number of imide groups is 1. The molecule has 0 atom stereocenters. The average molecular weight is 471 g/mol. The summed E-state index contributed by atoms with van der Waals surface area (Å²) in [6.45, 7) is 8.13. The Morgan fingerprint density at radius 3 is 2.37 bits per heavy atom. The molecule has 0 saturated heterocycles. The Morgan fingerprint density at radius 2 is 1.63 bits per heavy atom. The number of rotatable bonds is 9. The summed E-state index contributed by atoms with van der Waals surface area (Å²) in [6.07, 6.45) is 4.77. The number of ether oxygens (including phenoxy) is 1. The Kier molecular flexibility index (Phi) is 6.17. The van der Waals surface area contributed by atoms with E-state index in [4.69, 9.17) is 4.74 Å². The summed E-state index contributed by atoms with van der Waals surface area (Å²) in [5.41, 5.74) is 4.12. The summed E-state index contributed by atoms with van der Waals surface area (Å²) in [5, 5.41) is 4.33. The van der Waals surface area contributed by atoms with Gasteiger partial charge in [-0.1, -0.05) is 44.2 Å². The van der Waals surface area contributed by atoms with Gasteiger partial charge in [0, 0.05) is 46.4 Å². The van der Waals surface area contributed by atoms with E-state index in [1.807, 2.05) is 54.9 Å². The molecule has 0 aliphatic carbocycles. The highest BCUT2D eigenvalue weighted by atomic mass is 16.5. The normalized spacial score (nSPS) is 14.1. The van der Waals surface area contributed by atoms with E-state index in [2.05, 4.69) is 33.6 Å². The first-order valence-electron chi connectivity index (χ1n) is 12.1. The lowest BCUT2D eigenvalue weighted by atomic mass is 9.95. The third-order valence-electron chi connectivity index (χ3n) is 6.91. The molecule has 1 aliphatic heterocycles.